The normalized spacial score (nSPS) is 12.8. The Morgan fingerprint density at radius 2 is 1.94 bits per heavy atom. The van der Waals surface area contributed by atoms with Gasteiger partial charge in [-0.2, -0.15) is 0 Å². The van der Waals surface area contributed by atoms with Crippen LogP contribution in [-0.4, -0.2) is 16.0 Å². The molecule has 1 N–H and O–H groups in total. The molecule has 0 saturated heterocycles. The summed E-state index contributed by atoms with van der Waals surface area (Å²) in [4.78, 5) is 8.28. The number of anilines is 1. The molecule has 17 heavy (non-hydrogen) atoms. The van der Waals surface area contributed by atoms with Crippen LogP contribution in [0.25, 0.3) is 0 Å². The SMILES string of the molecule is CCc1c(Cl)ncnc1NC(C)CCC(C)C. The van der Waals surface area contributed by atoms with Gasteiger partial charge in [0.25, 0.3) is 0 Å². The molecular formula is C13H22ClN3. The molecule has 1 aromatic heterocycles. The minimum absolute atomic E-state index is 0.411. The number of hydrogen-bond acceptors (Lipinski definition) is 3. The summed E-state index contributed by atoms with van der Waals surface area (Å²) in [6.07, 6.45) is 4.72. The van der Waals surface area contributed by atoms with Crippen LogP contribution in [-0.2, 0) is 6.42 Å². The molecule has 0 aliphatic carbocycles. The molecule has 1 atom stereocenters. The van der Waals surface area contributed by atoms with Crippen LogP contribution in [0.15, 0.2) is 6.33 Å². The minimum Gasteiger partial charge on any atom is -0.367 e. The summed E-state index contributed by atoms with van der Waals surface area (Å²) in [6.45, 7) is 8.73. The van der Waals surface area contributed by atoms with Crippen LogP contribution in [0.2, 0.25) is 5.15 Å². The fourth-order valence-corrected chi connectivity index (χ4v) is 1.98. The summed E-state index contributed by atoms with van der Waals surface area (Å²) in [5.74, 6) is 1.61. The molecule has 0 aromatic carbocycles. The molecule has 1 rings (SSSR count). The van der Waals surface area contributed by atoms with E-state index in [-0.39, 0.29) is 0 Å². The van der Waals surface area contributed by atoms with E-state index in [0.717, 1.165) is 30.1 Å². The summed E-state index contributed by atoms with van der Waals surface area (Å²) in [5, 5.41) is 3.98. The number of nitrogens with one attached hydrogen (secondary N) is 1. The van der Waals surface area contributed by atoms with Gasteiger partial charge in [-0.1, -0.05) is 32.4 Å². The second-order valence-electron chi connectivity index (χ2n) is 4.86. The van der Waals surface area contributed by atoms with Crippen molar-refractivity contribution < 1.29 is 0 Å². The van der Waals surface area contributed by atoms with E-state index in [0.29, 0.717) is 11.2 Å². The first kappa shape index (κ1) is 14.2. The topological polar surface area (TPSA) is 37.8 Å². The largest absolute Gasteiger partial charge is 0.367 e. The lowest BCUT2D eigenvalue weighted by Crippen LogP contribution is -2.18. The summed E-state index contributed by atoms with van der Waals surface area (Å²) in [7, 11) is 0. The first-order valence-electron chi connectivity index (χ1n) is 6.30. The third-order valence-electron chi connectivity index (χ3n) is 2.81. The van der Waals surface area contributed by atoms with Gasteiger partial charge in [0.2, 0.25) is 0 Å². The van der Waals surface area contributed by atoms with Crippen molar-refractivity contribution in [1.82, 2.24) is 9.97 Å². The Bertz CT molecular complexity index is 353. The van der Waals surface area contributed by atoms with E-state index in [1.54, 1.807) is 0 Å². The van der Waals surface area contributed by atoms with Gasteiger partial charge in [0, 0.05) is 11.6 Å². The van der Waals surface area contributed by atoms with Crippen LogP contribution in [0, 0.1) is 5.92 Å². The Morgan fingerprint density at radius 3 is 2.53 bits per heavy atom. The molecule has 0 aliphatic heterocycles. The van der Waals surface area contributed by atoms with Crippen LogP contribution in [0.1, 0.15) is 46.1 Å². The molecule has 1 heterocycles. The van der Waals surface area contributed by atoms with Crippen molar-refractivity contribution in [3.05, 3.63) is 17.0 Å². The maximum atomic E-state index is 6.05. The van der Waals surface area contributed by atoms with Crippen LogP contribution >= 0.6 is 11.6 Å². The predicted octanol–water partition coefficient (Wildman–Crippen LogP) is 3.93. The van der Waals surface area contributed by atoms with Gasteiger partial charge in [0.1, 0.15) is 17.3 Å². The highest BCUT2D eigenvalue weighted by Crippen LogP contribution is 2.21. The molecule has 0 radical (unpaired) electrons. The molecule has 3 nitrogen and oxygen atoms in total. The molecule has 0 aliphatic rings. The van der Waals surface area contributed by atoms with Gasteiger partial charge in [-0.15, -0.1) is 0 Å². The second kappa shape index (κ2) is 6.80. The number of aromatic nitrogens is 2. The lowest BCUT2D eigenvalue weighted by molar-refractivity contribution is 0.527. The summed E-state index contributed by atoms with van der Waals surface area (Å²) in [5.41, 5.74) is 1.01. The monoisotopic (exact) mass is 255 g/mol. The maximum Gasteiger partial charge on any atom is 0.137 e. The molecule has 0 spiro atoms. The van der Waals surface area contributed by atoms with E-state index in [2.05, 4.69) is 43.0 Å². The van der Waals surface area contributed by atoms with Gasteiger partial charge in [0.15, 0.2) is 0 Å². The molecule has 0 fully saturated rings. The summed E-state index contributed by atoms with van der Waals surface area (Å²) >= 11 is 6.05. The quantitative estimate of drug-likeness (QED) is 0.783. The van der Waals surface area contributed by atoms with Crippen LogP contribution in [0.3, 0.4) is 0 Å². The highest BCUT2D eigenvalue weighted by molar-refractivity contribution is 6.30. The average Bonchev–Trinajstić information content (AvgIpc) is 2.27. The zero-order valence-corrected chi connectivity index (χ0v) is 11.9. The van der Waals surface area contributed by atoms with Crippen molar-refractivity contribution >= 4 is 17.4 Å². The van der Waals surface area contributed by atoms with Gasteiger partial charge < -0.3 is 5.32 Å². The zero-order valence-electron chi connectivity index (χ0n) is 11.1. The predicted molar refractivity (Wildman–Crippen MR) is 73.6 cm³/mol. The van der Waals surface area contributed by atoms with Crippen molar-refractivity contribution in [3.8, 4) is 0 Å². The molecule has 1 aromatic rings. The van der Waals surface area contributed by atoms with E-state index in [9.17, 15) is 0 Å². The Labute approximate surface area is 109 Å². The zero-order chi connectivity index (χ0) is 12.8. The lowest BCUT2D eigenvalue weighted by atomic mass is 10.0. The fraction of sp³-hybridized carbons (Fsp3) is 0.692. The molecule has 96 valence electrons. The Balaban J connectivity index is 2.64. The van der Waals surface area contributed by atoms with Gasteiger partial charge >= 0.3 is 0 Å². The Morgan fingerprint density at radius 1 is 1.24 bits per heavy atom. The van der Waals surface area contributed by atoms with Crippen LogP contribution < -0.4 is 5.32 Å². The first-order valence-corrected chi connectivity index (χ1v) is 6.68. The van der Waals surface area contributed by atoms with Crippen molar-refractivity contribution in [2.75, 3.05) is 5.32 Å². The molecule has 0 amide bonds. The third-order valence-corrected chi connectivity index (χ3v) is 3.13. The van der Waals surface area contributed by atoms with Gasteiger partial charge in [-0.3, -0.25) is 0 Å². The van der Waals surface area contributed by atoms with E-state index >= 15 is 0 Å². The standard InChI is InChI=1S/C13H22ClN3/c1-5-11-12(14)15-8-16-13(11)17-10(4)7-6-9(2)3/h8-10H,5-7H2,1-4H3,(H,15,16,17). The van der Waals surface area contributed by atoms with Crippen molar-refractivity contribution in [2.45, 2.75) is 53.0 Å². The minimum atomic E-state index is 0.411. The lowest BCUT2D eigenvalue weighted by Gasteiger charge is -2.17. The van der Waals surface area contributed by atoms with E-state index in [4.69, 9.17) is 11.6 Å². The highest BCUT2D eigenvalue weighted by atomic mass is 35.5. The van der Waals surface area contributed by atoms with Crippen molar-refractivity contribution in [3.63, 3.8) is 0 Å². The van der Waals surface area contributed by atoms with E-state index in [1.807, 2.05) is 0 Å². The maximum absolute atomic E-state index is 6.05. The van der Waals surface area contributed by atoms with Crippen molar-refractivity contribution in [2.24, 2.45) is 5.92 Å². The molecule has 1 unspecified atom stereocenters. The van der Waals surface area contributed by atoms with E-state index in [1.165, 1.54) is 12.7 Å². The molecule has 0 bridgehead atoms. The van der Waals surface area contributed by atoms with Crippen molar-refractivity contribution in [1.29, 1.82) is 0 Å². The number of rotatable bonds is 6. The van der Waals surface area contributed by atoms with Gasteiger partial charge in [-0.25, -0.2) is 9.97 Å². The summed E-state index contributed by atoms with van der Waals surface area (Å²) in [6, 6.07) is 0.411. The Kier molecular flexibility index (Phi) is 5.69. The Hall–Kier alpha value is -0.830. The van der Waals surface area contributed by atoms with E-state index < -0.39 is 0 Å². The summed E-state index contributed by atoms with van der Waals surface area (Å²) < 4.78 is 0. The molecular weight excluding hydrogens is 234 g/mol. The number of hydrogen-bond donors (Lipinski definition) is 1. The molecule has 4 heteroatoms. The van der Waals surface area contributed by atoms with Gasteiger partial charge in [-0.05, 0) is 32.1 Å². The number of halogens is 1. The van der Waals surface area contributed by atoms with Crippen LogP contribution in [0.5, 0.6) is 0 Å². The number of nitrogens with zero attached hydrogens (tertiary/aromatic N) is 2. The fourth-order valence-electron chi connectivity index (χ4n) is 1.72. The van der Waals surface area contributed by atoms with Crippen LogP contribution in [0.4, 0.5) is 5.82 Å². The third kappa shape index (κ3) is 4.50. The van der Waals surface area contributed by atoms with Gasteiger partial charge in [0.05, 0.1) is 0 Å². The highest BCUT2D eigenvalue weighted by Gasteiger charge is 2.10. The molecule has 0 saturated carbocycles. The smallest absolute Gasteiger partial charge is 0.137 e. The first-order chi connectivity index (χ1) is 8.04. The second-order valence-corrected chi connectivity index (χ2v) is 5.22. The average molecular weight is 256 g/mol.